The maximum atomic E-state index is 13.2. The number of rotatable bonds is 8. The van der Waals surface area contributed by atoms with Crippen LogP contribution in [0.2, 0.25) is 0 Å². The molecule has 5 aromatic rings. The lowest BCUT2D eigenvalue weighted by molar-refractivity contribution is -0.137. The third kappa shape index (κ3) is 6.35. The highest BCUT2D eigenvalue weighted by atomic mass is 19.4. The number of amides is 1. The van der Waals surface area contributed by atoms with Crippen molar-refractivity contribution >= 4 is 29.0 Å². The molecule has 43 heavy (non-hydrogen) atoms. The van der Waals surface area contributed by atoms with Crippen molar-refractivity contribution in [3.05, 3.63) is 113 Å². The van der Waals surface area contributed by atoms with Gasteiger partial charge in [-0.2, -0.15) is 18.3 Å². The molecule has 5 rings (SSSR count). The molecule has 218 valence electrons. The van der Waals surface area contributed by atoms with E-state index in [1.807, 2.05) is 42.5 Å². The van der Waals surface area contributed by atoms with Gasteiger partial charge in [0.05, 0.1) is 31.6 Å². The van der Waals surface area contributed by atoms with E-state index in [-0.39, 0.29) is 17.1 Å². The molecule has 2 N–H and O–H groups in total. The zero-order valence-electron chi connectivity index (χ0n) is 22.9. The predicted octanol–water partition coefficient (Wildman–Crippen LogP) is 6.85. The molecule has 1 amide bonds. The van der Waals surface area contributed by atoms with Crippen LogP contribution in [0.4, 0.5) is 13.2 Å². The molecule has 8 nitrogen and oxygen atoms in total. The topological polar surface area (TPSA) is 102 Å². The van der Waals surface area contributed by atoms with Crippen molar-refractivity contribution in [2.45, 2.75) is 6.18 Å². The molecule has 0 unspecified atom stereocenters. The number of hydrogen-bond donors (Lipinski definition) is 2. The highest BCUT2D eigenvalue weighted by Crippen LogP contribution is 2.35. The quantitative estimate of drug-likeness (QED) is 0.0895. The minimum absolute atomic E-state index is 0.00731. The Kier molecular flexibility index (Phi) is 8.15. The molecule has 0 saturated carbocycles. The average Bonchev–Trinajstić information content (AvgIpc) is 3.40. The van der Waals surface area contributed by atoms with E-state index in [9.17, 15) is 22.8 Å². The number of aromatic nitrogens is 1. The van der Waals surface area contributed by atoms with Gasteiger partial charge in [0.25, 0.3) is 5.91 Å². The Labute approximate surface area is 243 Å². The molecule has 0 aliphatic carbocycles. The summed E-state index contributed by atoms with van der Waals surface area (Å²) in [7, 11) is 2.91. The second-order valence-corrected chi connectivity index (χ2v) is 9.23. The molecule has 1 heterocycles. The number of hydrazone groups is 1. The van der Waals surface area contributed by atoms with E-state index in [1.54, 1.807) is 13.2 Å². The van der Waals surface area contributed by atoms with Crippen LogP contribution in [0.3, 0.4) is 0 Å². The van der Waals surface area contributed by atoms with Gasteiger partial charge in [-0.25, -0.2) is 10.2 Å². The summed E-state index contributed by atoms with van der Waals surface area (Å²) in [5.41, 5.74) is 4.34. The number of hydrogen-bond acceptors (Lipinski definition) is 6. The summed E-state index contributed by atoms with van der Waals surface area (Å²) in [5.74, 6) is -0.697. The van der Waals surface area contributed by atoms with Crippen LogP contribution in [-0.2, 0) is 6.18 Å². The molecule has 0 saturated heterocycles. The maximum absolute atomic E-state index is 13.2. The highest BCUT2D eigenvalue weighted by Gasteiger charge is 2.31. The first-order chi connectivity index (χ1) is 20.7. The first-order valence-electron chi connectivity index (χ1n) is 12.8. The van der Waals surface area contributed by atoms with Crippen LogP contribution in [0, 0.1) is 0 Å². The molecule has 0 bridgehead atoms. The first-order valence-corrected chi connectivity index (χ1v) is 12.8. The number of carbonyl (C=O) groups excluding carboxylic acids is 2. The Balaban J connectivity index is 1.34. The zero-order valence-corrected chi connectivity index (χ0v) is 22.9. The van der Waals surface area contributed by atoms with Gasteiger partial charge in [0.1, 0.15) is 11.4 Å². The van der Waals surface area contributed by atoms with Gasteiger partial charge in [0.15, 0.2) is 11.5 Å². The van der Waals surface area contributed by atoms with Crippen molar-refractivity contribution in [3.8, 4) is 28.4 Å². The van der Waals surface area contributed by atoms with Crippen LogP contribution in [0.1, 0.15) is 32.0 Å². The Hall–Kier alpha value is -5.58. The fourth-order valence-electron chi connectivity index (χ4n) is 4.42. The number of aromatic amines is 1. The number of halogens is 3. The molecular formula is C32H24F3N3O5. The van der Waals surface area contributed by atoms with Crippen LogP contribution in [0.5, 0.6) is 17.2 Å². The average molecular weight is 588 g/mol. The number of carbonyl (C=O) groups is 2. The Morgan fingerprint density at radius 2 is 1.65 bits per heavy atom. The number of benzene rings is 4. The smallest absolute Gasteiger partial charge is 0.416 e. The molecular weight excluding hydrogens is 563 g/mol. The van der Waals surface area contributed by atoms with Crippen LogP contribution >= 0.6 is 0 Å². The van der Waals surface area contributed by atoms with E-state index in [0.29, 0.717) is 28.6 Å². The van der Waals surface area contributed by atoms with Crippen molar-refractivity contribution < 1.29 is 37.0 Å². The van der Waals surface area contributed by atoms with Gasteiger partial charge in [-0.15, -0.1) is 0 Å². The largest absolute Gasteiger partial charge is 0.497 e. The van der Waals surface area contributed by atoms with Crippen LogP contribution in [0.15, 0.2) is 96.1 Å². The molecule has 11 heteroatoms. The third-order valence-corrected chi connectivity index (χ3v) is 6.49. The monoisotopic (exact) mass is 587 g/mol. The molecule has 0 atom stereocenters. The number of fused-ring (bicyclic) bond motifs is 1. The molecule has 0 spiro atoms. The van der Waals surface area contributed by atoms with Crippen molar-refractivity contribution in [3.63, 3.8) is 0 Å². The Bertz CT molecular complexity index is 1830. The predicted molar refractivity (Wildman–Crippen MR) is 155 cm³/mol. The second kappa shape index (κ2) is 12.1. The van der Waals surface area contributed by atoms with Gasteiger partial charge in [-0.05, 0) is 65.7 Å². The fourth-order valence-corrected chi connectivity index (χ4v) is 4.42. The molecule has 1 aromatic heterocycles. The minimum atomic E-state index is -4.60. The van der Waals surface area contributed by atoms with Crippen LogP contribution in [-0.4, -0.2) is 37.3 Å². The number of H-pyrrole nitrogens is 1. The van der Waals surface area contributed by atoms with Gasteiger partial charge in [0, 0.05) is 16.5 Å². The lowest BCUT2D eigenvalue weighted by atomic mass is 10.0. The van der Waals surface area contributed by atoms with Crippen molar-refractivity contribution in [1.82, 2.24) is 10.4 Å². The molecule has 4 aromatic carbocycles. The van der Waals surface area contributed by atoms with Crippen LogP contribution < -0.4 is 19.6 Å². The fraction of sp³-hybridized carbons (Fsp3) is 0.0938. The summed E-state index contributed by atoms with van der Waals surface area (Å²) in [6, 6.07) is 23.3. The SMILES string of the molecule is COc1ccc2[nH]c(C(=O)NN=Cc3ccc(OC(=O)c4cccc(C(F)(F)F)c4)c(OC)c3)c(-c3ccccc3)c2c1. The van der Waals surface area contributed by atoms with Crippen molar-refractivity contribution in [1.29, 1.82) is 0 Å². The summed E-state index contributed by atoms with van der Waals surface area (Å²) < 4.78 is 55.0. The summed E-state index contributed by atoms with van der Waals surface area (Å²) in [6.45, 7) is 0. The number of ether oxygens (including phenoxy) is 3. The van der Waals surface area contributed by atoms with Crippen molar-refractivity contribution in [2.75, 3.05) is 14.2 Å². The Morgan fingerprint density at radius 1 is 0.860 bits per heavy atom. The third-order valence-electron chi connectivity index (χ3n) is 6.49. The minimum Gasteiger partial charge on any atom is -0.497 e. The molecule has 0 fully saturated rings. The lowest BCUT2D eigenvalue weighted by Crippen LogP contribution is -2.18. The summed E-state index contributed by atoms with van der Waals surface area (Å²) in [6.07, 6.45) is -3.23. The Morgan fingerprint density at radius 3 is 2.37 bits per heavy atom. The van der Waals surface area contributed by atoms with E-state index in [2.05, 4.69) is 15.5 Å². The standard InChI is InChI=1S/C32H24F3N3O5/c1-41-23-12-13-25-24(17-23)28(20-7-4-3-5-8-20)29(37-25)30(39)38-36-18-19-11-14-26(27(15-19)42-2)43-31(40)21-9-6-10-22(16-21)32(33,34)35/h3-18,37H,1-2H3,(H,38,39). The normalized spacial score (nSPS) is 11.5. The first kappa shape index (κ1) is 28.9. The summed E-state index contributed by atoms with van der Waals surface area (Å²) in [5, 5.41) is 4.87. The molecule has 0 radical (unpaired) electrons. The number of nitrogens with one attached hydrogen (secondary N) is 2. The van der Waals surface area contributed by atoms with E-state index in [4.69, 9.17) is 14.2 Å². The molecule has 0 aliphatic heterocycles. The lowest BCUT2D eigenvalue weighted by Gasteiger charge is -2.11. The van der Waals surface area contributed by atoms with Gasteiger partial charge in [0.2, 0.25) is 0 Å². The van der Waals surface area contributed by atoms with Gasteiger partial charge >= 0.3 is 12.1 Å². The number of esters is 1. The van der Waals surface area contributed by atoms with Crippen molar-refractivity contribution in [2.24, 2.45) is 5.10 Å². The van der Waals surface area contributed by atoms with Gasteiger partial charge in [-0.1, -0.05) is 36.4 Å². The van der Waals surface area contributed by atoms with Crippen LogP contribution in [0.25, 0.3) is 22.0 Å². The second-order valence-electron chi connectivity index (χ2n) is 9.23. The number of nitrogens with zero attached hydrogens (tertiary/aromatic N) is 1. The van der Waals surface area contributed by atoms with E-state index < -0.39 is 23.6 Å². The summed E-state index contributed by atoms with van der Waals surface area (Å²) >= 11 is 0. The van der Waals surface area contributed by atoms with Gasteiger partial charge in [-0.3, -0.25) is 4.79 Å². The van der Waals surface area contributed by atoms with E-state index in [1.165, 1.54) is 37.6 Å². The molecule has 0 aliphatic rings. The summed E-state index contributed by atoms with van der Waals surface area (Å²) in [4.78, 5) is 28.9. The maximum Gasteiger partial charge on any atom is 0.416 e. The van der Waals surface area contributed by atoms with Gasteiger partial charge < -0.3 is 19.2 Å². The number of alkyl halides is 3. The van der Waals surface area contributed by atoms with E-state index in [0.717, 1.165) is 28.6 Å². The number of methoxy groups -OCH3 is 2. The highest BCUT2D eigenvalue weighted by molar-refractivity contribution is 6.10. The zero-order chi connectivity index (χ0) is 30.6. The van der Waals surface area contributed by atoms with E-state index >= 15 is 0 Å².